The summed E-state index contributed by atoms with van der Waals surface area (Å²) in [5.41, 5.74) is 2.04. The summed E-state index contributed by atoms with van der Waals surface area (Å²) >= 11 is 0. The number of pyridine rings is 1. The van der Waals surface area contributed by atoms with Crippen molar-refractivity contribution in [3.8, 4) is 5.88 Å². The van der Waals surface area contributed by atoms with Crippen LogP contribution in [0.25, 0.3) is 0 Å². The van der Waals surface area contributed by atoms with Crippen molar-refractivity contribution < 1.29 is 9.13 Å². The van der Waals surface area contributed by atoms with Crippen LogP contribution < -0.4 is 10.1 Å². The predicted molar refractivity (Wildman–Crippen MR) is 109 cm³/mol. The van der Waals surface area contributed by atoms with Gasteiger partial charge in [0, 0.05) is 32.4 Å². The first kappa shape index (κ1) is 21.1. The van der Waals surface area contributed by atoms with Gasteiger partial charge in [-0.25, -0.2) is 14.4 Å². The van der Waals surface area contributed by atoms with Crippen LogP contribution in [0.4, 0.5) is 4.39 Å². The number of methoxy groups -OCH3 is 1. The number of nitrogens with zero attached hydrogens (tertiary/aromatic N) is 3. The Morgan fingerprint density at radius 2 is 1.96 bits per heavy atom. The number of nitrogens with one attached hydrogen (secondary N) is 1. The predicted octanol–water partition coefficient (Wildman–Crippen LogP) is 3.44. The molecule has 1 N–H and O–H groups in total. The van der Waals surface area contributed by atoms with E-state index in [0.717, 1.165) is 23.6 Å². The zero-order chi connectivity index (χ0) is 17.4. The minimum Gasteiger partial charge on any atom is -0.481 e. The molecule has 0 aliphatic carbocycles. The number of benzene rings is 1. The number of ether oxygens (including phenoxy) is 1. The molecule has 0 saturated carbocycles. The lowest BCUT2D eigenvalue weighted by Gasteiger charge is -2.22. The summed E-state index contributed by atoms with van der Waals surface area (Å²) in [6.07, 6.45) is 1.71. The Morgan fingerprint density at radius 3 is 2.60 bits per heavy atom. The van der Waals surface area contributed by atoms with Crippen molar-refractivity contribution in [2.75, 3.05) is 20.7 Å². The Morgan fingerprint density at radius 1 is 1.24 bits per heavy atom. The van der Waals surface area contributed by atoms with Crippen LogP contribution in [0, 0.1) is 5.82 Å². The van der Waals surface area contributed by atoms with Crippen molar-refractivity contribution in [1.29, 1.82) is 0 Å². The highest BCUT2D eigenvalue weighted by Crippen LogP contribution is 2.10. The van der Waals surface area contributed by atoms with Crippen LogP contribution in [0.2, 0.25) is 0 Å². The molecule has 0 radical (unpaired) electrons. The summed E-state index contributed by atoms with van der Waals surface area (Å²) in [4.78, 5) is 10.7. The number of aromatic nitrogens is 1. The Kier molecular flexibility index (Phi) is 9.18. The number of hydrogen-bond donors (Lipinski definition) is 1. The van der Waals surface area contributed by atoms with Crippen LogP contribution in [0.3, 0.4) is 0 Å². The maximum atomic E-state index is 13.0. The standard InChI is InChI=1S/C18H23FN4O.HI/c1-4-20-18(22-12-15-9-10-21-17(11-15)24-3)23(2)13-14-5-7-16(19)8-6-14;/h5-11H,4,12-13H2,1-3H3,(H,20,22);1H. The van der Waals surface area contributed by atoms with Crippen LogP contribution in [-0.2, 0) is 13.1 Å². The molecule has 1 aromatic carbocycles. The van der Waals surface area contributed by atoms with Gasteiger partial charge in [-0.2, -0.15) is 0 Å². The molecule has 25 heavy (non-hydrogen) atoms. The van der Waals surface area contributed by atoms with E-state index < -0.39 is 0 Å². The number of hydrogen-bond acceptors (Lipinski definition) is 3. The van der Waals surface area contributed by atoms with Gasteiger partial charge < -0.3 is 15.0 Å². The van der Waals surface area contributed by atoms with Crippen molar-refractivity contribution in [1.82, 2.24) is 15.2 Å². The molecular formula is C18H24FIN4O. The molecule has 0 fully saturated rings. The molecule has 0 aliphatic rings. The van der Waals surface area contributed by atoms with Gasteiger partial charge in [0.05, 0.1) is 13.7 Å². The van der Waals surface area contributed by atoms with Gasteiger partial charge in [-0.15, -0.1) is 24.0 Å². The highest BCUT2D eigenvalue weighted by atomic mass is 127. The first-order valence-electron chi connectivity index (χ1n) is 7.85. The quantitative estimate of drug-likeness (QED) is 0.410. The summed E-state index contributed by atoms with van der Waals surface area (Å²) in [7, 11) is 3.55. The van der Waals surface area contributed by atoms with Gasteiger partial charge in [-0.3, -0.25) is 0 Å². The molecule has 2 rings (SSSR count). The average molecular weight is 458 g/mol. The smallest absolute Gasteiger partial charge is 0.213 e. The van der Waals surface area contributed by atoms with Gasteiger partial charge in [-0.05, 0) is 36.2 Å². The van der Waals surface area contributed by atoms with Gasteiger partial charge in [0.2, 0.25) is 5.88 Å². The van der Waals surface area contributed by atoms with Crippen molar-refractivity contribution in [2.45, 2.75) is 20.0 Å². The molecule has 1 aromatic heterocycles. The summed E-state index contributed by atoms with van der Waals surface area (Å²) in [5.74, 6) is 1.14. The lowest BCUT2D eigenvalue weighted by Crippen LogP contribution is -2.38. The van der Waals surface area contributed by atoms with Crippen LogP contribution in [0.5, 0.6) is 5.88 Å². The molecule has 0 bridgehead atoms. The molecule has 0 amide bonds. The van der Waals surface area contributed by atoms with E-state index in [9.17, 15) is 4.39 Å². The van der Waals surface area contributed by atoms with Gasteiger partial charge in [-0.1, -0.05) is 12.1 Å². The molecule has 5 nitrogen and oxygen atoms in total. The van der Waals surface area contributed by atoms with Crippen molar-refractivity contribution in [3.05, 3.63) is 59.5 Å². The molecule has 0 spiro atoms. The summed E-state index contributed by atoms with van der Waals surface area (Å²) in [5, 5.41) is 3.27. The fraction of sp³-hybridized carbons (Fsp3) is 0.333. The minimum atomic E-state index is -0.228. The fourth-order valence-corrected chi connectivity index (χ4v) is 2.23. The number of halogens is 2. The second-order valence-corrected chi connectivity index (χ2v) is 5.36. The largest absolute Gasteiger partial charge is 0.481 e. The maximum absolute atomic E-state index is 13.0. The van der Waals surface area contributed by atoms with Crippen LogP contribution in [-0.4, -0.2) is 36.5 Å². The maximum Gasteiger partial charge on any atom is 0.213 e. The first-order chi connectivity index (χ1) is 11.6. The topological polar surface area (TPSA) is 49.8 Å². The average Bonchev–Trinajstić information content (AvgIpc) is 2.60. The number of guanidine groups is 1. The van der Waals surface area contributed by atoms with E-state index in [1.807, 2.05) is 31.0 Å². The monoisotopic (exact) mass is 458 g/mol. The van der Waals surface area contributed by atoms with Crippen LogP contribution in [0.1, 0.15) is 18.1 Å². The second kappa shape index (κ2) is 10.9. The minimum absolute atomic E-state index is 0. The van der Waals surface area contributed by atoms with Gasteiger partial charge in [0.15, 0.2) is 5.96 Å². The van der Waals surface area contributed by atoms with E-state index in [1.165, 1.54) is 12.1 Å². The van der Waals surface area contributed by atoms with E-state index in [2.05, 4.69) is 15.3 Å². The van der Waals surface area contributed by atoms with Crippen molar-refractivity contribution in [2.24, 2.45) is 4.99 Å². The zero-order valence-electron chi connectivity index (χ0n) is 14.7. The lowest BCUT2D eigenvalue weighted by atomic mass is 10.2. The second-order valence-electron chi connectivity index (χ2n) is 5.36. The van der Waals surface area contributed by atoms with E-state index in [1.54, 1.807) is 25.4 Å². The summed E-state index contributed by atoms with van der Waals surface area (Å²) in [6.45, 7) is 3.96. The summed E-state index contributed by atoms with van der Waals surface area (Å²) < 4.78 is 18.1. The van der Waals surface area contributed by atoms with Crippen LogP contribution >= 0.6 is 24.0 Å². The highest BCUT2D eigenvalue weighted by molar-refractivity contribution is 14.0. The summed E-state index contributed by atoms with van der Waals surface area (Å²) in [6, 6.07) is 10.3. The molecule has 0 aliphatic heterocycles. The molecule has 2 aromatic rings. The van der Waals surface area contributed by atoms with E-state index in [-0.39, 0.29) is 29.8 Å². The van der Waals surface area contributed by atoms with Gasteiger partial charge in [0.1, 0.15) is 5.82 Å². The molecule has 1 heterocycles. The first-order valence-corrected chi connectivity index (χ1v) is 7.85. The Hall–Kier alpha value is -1.90. The van der Waals surface area contributed by atoms with Crippen molar-refractivity contribution >= 4 is 29.9 Å². The third-order valence-electron chi connectivity index (χ3n) is 3.45. The Labute approximate surface area is 165 Å². The van der Waals surface area contributed by atoms with E-state index in [0.29, 0.717) is 19.0 Å². The fourth-order valence-electron chi connectivity index (χ4n) is 2.23. The number of rotatable bonds is 6. The molecule has 7 heteroatoms. The molecule has 0 saturated heterocycles. The van der Waals surface area contributed by atoms with E-state index >= 15 is 0 Å². The van der Waals surface area contributed by atoms with E-state index in [4.69, 9.17) is 4.74 Å². The van der Waals surface area contributed by atoms with Crippen molar-refractivity contribution in [3.63, 3.8) is 0 Å². The SMILES string of the molecule is CCNC(=NCc1ccnc(OC)c1)N(C)Cc1ccc(F)cc1.I. The molecule has 136 valence electrons. The lowest BCUT2D eigenvalue weighted by molar-refractivity contribution is 0.397. The van der Waals surface area contributed by atoms with Gasteiger partial charge >= 0.3 is 0 Å². The normalized spacial score (nSPS) is 10.8. The molecule has 0 atom stereocenters. The zero-order valence-corrected chi connectivity index (χ0v) is 17.0. The number of aliphatic imine (C=N–C) groups is 1. The molecular weight excluding hydrogens is 434 g/mol. The highest BCUT2D eigenvalue weighted by Gasteiger charge is 2.07. The Balaban J connectivity index is 0.00000312. The van der Waals surface area contributed by atoms with Gasteiger partial charge in [0.25, 0.3) is 0 Å². The molecule has 0 unspecified atom stereocenters. The third-order valence-corrected chi connectivity index (χ3v) is 3.45. The third kappa shape index (κ3) is 6.85. The van der Waals surface area contributed by atoms with Crippen LogP contribution in [0.15, 0.2) is 47.6 Å². The Bertz CT molecular complexity index is 679.